The van der Waals surface area contributed by atoms with E-state index in [0.717, 1.165) is 0 Å². The number of nitrogen functional groups attached to an aromatic ring is 1. The lowest BCUT2D eigenvalue weighted by Gasteiger charge is -2.11. The van der Waals surface area contributed by atoms with Crippen LogP contribution in [0.4, 0.5) is 17.6 Å². The SMILES string of the molecule is Cl.NNC(=O)c1cc(F)ccc1C(F)(F)F. The van der Waals surface area contributed by atoms with Gasteiger partial charge in [-0.05, 0) is 18.2 Å². The van der Waals surface area contributed by atoms with Crippen LogP contribution < -0.4 is 11.3 Å². The van der Waals surface area contributed by atoms with E-state index in [1.807, 2.05) is 0 Å². The largest absolute Gasteiger partial charge is 0.417 e. The highest BCUT2D eigenvalue weighted by Crippen LogP contribution is 2.32. The van der Waals surface area contributed by atoms with E-state index < -0.39 is 29.0 Å². The Kier molecular flexibility index (Phi) is 4.70. The number of hydrazine groups is 1. The Balaban J connectivity index is 0.00000225. The standard InChI is InChI=1S/C8H6F4N2O.ClH/c9-4-1-2-6(8(10,11)12)5(3-4)7(15)14-13;/h1-3H,13H2,(H,14,15);1H. The number of nitrogens with two attached hydrogens (primary N) is 1. The smallest absolute Gasteiger partial charge is 0.290 e. The molecule has 1 aromatic carbocycles. The van der Waals surface area contributed by atoms with Crippen LogP contribution in [0.2, 0.25) is 0 Å². The third-order valence-corrected chi connectivity index (χ3v) is 1.66. The number of nitrogens with one attached hydrogen (secondary N) is 1. The Labute approximate surface area is 94.0 Å². The molecule has 1 rings (SSSR count). The average molecular weight is 259 g/mol. The number of carbonyl (C=O) groups excluding carboxylic acids is 1. The zero-order valence-corrected chi connectivity index (χ0v) is 8.45. The van der Waals surface area contributed by atoms with E-state index in [0.29, 0.717) is 18.2 Å². The maximum absolute atomic E-state index is 12.6. The molecule has 3 N–H and O–H groups in total. The van der Waals surface area contributed by atoms with Gasteiger partial charge >= 0.3 is 6.18 Å². The fourth-order valence-electron chi connectivity index (χ4n) is 1.03. The molecule has 0 bridgehead atoms. The van der Waals surface area contributed by atoms with E-state index in [1.165, 1.54) is 5.43 Å². The van der Waals surface area contributed by atoms with Crippen molar-refractivity contribution < 1.29 is 22.4 Å². The lowest BCUT2D eigenvalue weighted by atomic mass is 10.1. The number of amides is 1. The number of hydrogen-bond donors (Lipinski definition) is 2. The summed E-state index contributed by atoms with van der Waals surface area (Å²) in [5.41, 5.74) is -0.557. The number of carbonyl (C=O) groups is 1. The lowest BCUT2D eigenvalue weighted by Crippen LogP contribution is -2.32. The zero-order valence-electron chi connectivity index (χ0n) is 7.64. The fraction of sp³-hybridized carbons (Fsp3) is 0.125. The molecule has 0 radical (unpaired) electrons. The van der Waals surface area contributed by atoms with Gasteiger partial charge in [-0.2, -0.15) is 13.2 Å². The first-order valence-corrected chi connectivity index (χ1v) is 3.74. The van der Waals surface area contributed by atoms with Gasteiger partial charge in [-0.1, -0.05) is 0 Å². The second-order valence-electron chi connectivity index (χ2n) is 2.66. The van der Waals surface area contributed by atoms with E-state index in [9.17, 15) is 22.4 Å². The summed E-state index contributed by atoms with van der Waals surface area (Å²) in [7, 11) is 0. The van der Waals surface area contributed by atoms with E-state index in [2.05, 4.69) is 5.84 Å². The first-order chi connectivity index (χ1) is 6.86. The minimum absolute atomic E-state index is 0. The Hall–Kier alpha value is -1.34. The molecule has 0 saturated carbocycles. The third kappa shape index (κ3) is 3.07. The van der Waals surface area contributed by atoms with Crippen molar-refractivity contribution in [3.63, 3.8) is 0 Å². The van der Waals surface area contributed by atoms with E-state index in [1.54, 1.807) is 0 Å². The summed E-state index contributed by atoms with van der Waals surface area (Å²) in [5, 5.41) is 0. The molecule has 0 spiro atoms. The van der Waals surface area contributed by atoms with Crippen LogP contribution in [-0.2, 0) is 6.18 Å². The topological polar surface area (TPSA) is 55.1 Å². The van der Waals surface area contributed by atoms with Gasteiger partial charge in [0.15, 0.2) is 0 Å². The van der Waals surface area contributed by atoms with Gasteiger partial charge in [0.1, 0.15) is 5.82 Å². The number of halogens is 5. The first kappa shape index (κ1) is 14.7. The Bertz CT molecular complexity index is 394. The summed E-state index contributed by atoms with van der Waals surface area (Å²) in [5.74, 6) is 2.54. The van der Waals surface area contributed by atoms with Gasteiger partial charge in [-0.3, -0.25) is 10.2 Å². The predicted octanol–water partition coefficient (Wildman–Crippen LogP) is 1.87. The maximum Gasteiger partial charge on any atom is 0.417 e. The van der Waals surface area contributed by atoms with E-state index in [4.69, 9.17) is 0 Å². The highest BCUT2D eigenvalue weighted by Gasteiger charge is 2.35. The third-order valence-electron chi connectivity index (χ3n) is 1.66. The van der Waals surface area contributed by atoms with Crippen LogP contribution in [-0.4, -0.2) is 5.91 Å². The van der Waals surface area contributed by atoms with Gasteiger partial charge in [-0.15, -0.1) is 12.4 Å². The van der Waals surface area contributed by atoms with Gasteiger partial charge in [-0.25, -0.2) is 10.2 Å². The average Bonchev–Trinajstić information content (AvgIpc) is 2.14. The van der Waals surface area contributed by atoms with Crippen molar-refractivity contribution in [1.29, 1.82) is 0 Å². The zero-order chi connectivity index (χ0) is 11.6. The van der Waals surface area contributed by atoms with Crippen molar-refractivity contribution in [1.82, 2.24) is 5.43 Å². The molecule has 0 saturated heterocycles. The summed E-state index contributed by atoms with van der Waals surface area (Å²) in [6.07, 6.45) is -4.73. The van der Waals surface area contributed by atoms with Gasteiger partial charge in [0.05, 0.1) is 11.1 Å². The van der Waals surface area contributed by atoms with Crippen molar-refractivity contribution in [3.05, 3.63) is 35.1 Å². The van der Waals surface area contributed by atoms with Crippen LogP contribution in [0, 0.1) is 5.82 Å². The van der Waals surface area contributed by atoms with Gasteiger partial charge in [0.2, 0.25) is 0 Å². The molecule has 0 aliphatic rings. The molecule has 0 unspecified atom stereocenters. The molecule has 0 aliphatic carbocycles. The maximum atomic E-state index is 12.6. The van der Waals surface area contributed by atoms with Crippen LogP contribution >= 0.6 is 12.4 Å². The second-order valence-corrected chi connectivity index (χ2v) is 2.66. The molecular formula is C8H7ClF4N2O. The predicted molar refractivity (Wildman–Crippen MR) is 50.3 cm³/mol. The number of benzene rings is 1. The number of alkyl halides is 3. The van der Waals surface area contributed by atoms with Gasteiger partial charge < -0.3 is 0 Å². The normalized spacial score (nSPS) is 10.6. The molecule has 0 atom stereocenters. The minimum atomic E-state index is -4.73. The number of hydrogen-bond acceptors (Lipinski definition) is 2. The first-order valence-electron chi connectivity index (χ1n) is 3.74. The van der Waals surface area contributed by atoms with Crippen LogP contribution in [0.25, 0.3) is 0 Å². The molecule has 16 heavy (non-hydrogen) atoms. The fourth-order valence-corrected chi connectivity index (χ4v) is 1.03. The quantitative estimate of drug-likeness (QED) is 0.350. The molecule has 0 heterocycles. The van der Waals surface area contributed by atoms with Gasteiger partial charge in [0, 0.05) is 0 Å². The second kappa shape index (κ2) is 5.13. The monoisotopic (exact) mass is 258 g/mol. The summed E-state index contributed by atoms with van der Waals surface area (Å²) in [6.45, 7) is 0. The molecular weight excluding hydrogens is 252 g/mol. The van der Waals surface area contributed by atoms with Crippen LogP contribution in [0.5, 0.6) is 0 Å². The van der Waals surface area contributed by atoms with Crippen molar-refractivity contribution in [2.24, 2.45) is 5.84 Å². The Morgan fingerprint density at radius 2 is 1.88 bits per heavy atom. The van der Waals surface area contributed by atoms with Crippen LogP contribution in [0.15, 0.2) is 18.2 Å². The summed E-state index contributed by atoms with van der Waals surface area (Å²) < 4.78 is 49.6. The van der Waals surface area contributed by atoms with Crippen LogP contribution in [0.1, 0.15) is 15.9 Å². The van der Waals surface area contributed by atoms with Crippen molar-refractivity contribution >= 4 is 18.3 Å². The van der Waals surface area contributed by atoms with E-state index >= 15 is 0 Å². The summed E-state index contributed by atoms with van der Waals surface area (Å²) in [6, 6.07) is 1.58. The Morgan fingerprint density at radius 3 is 2.31 bits per heavy atom. The molecule has 0 aromatic heterocycles. The van der Waals surface area contributed by atoms with E-state index in [-0.39, 0.29) is 12.4 Å². The van der Waals surface area contributed by atoms with Crippen LogP contribution in [0.3, 0.4) is 0 Å². The van der Waals surface area contributed by atoms with Crippen molar-refractivity contribution in [2.75, 3.05) is 0 Å². The molecule has 0 aliphatic heterocycles. The molecule has 3 nitrogen and oxygen atoms in total. The molecule has 90 valence electrons. The molecule has 1 amide bonds. The van der Waals surface area contributed by atoms with Crippen molar-refractivity contribution in [3.8, 4) is 0 Å². The summed E-state index contributed by atoms with van der Waals surface area (Å²) in [4.78, 5) is 10.9. The van der Waals surface area contributed by atoms with Crippen molar-refractivity contribution in [2.45, 2.75) is 6.18 Å². The minimum Gasteiger partial charge on any atom is -0.290 e. The Morgan fingerprint density at radius 1 is 1.31 bits per heavy atom. The van der Waals surface area contributed by atoms with Gasteiger partial charge in [0.25, 0.3) is 5.91 Å². The molecule has 0 fully saturated rings. The number of rotatable bonds is 1. The highest BCUT2D eigenvalue weighted by molar-refractivity contribution is 5.95. The molecule has 1 aromatic rings. The highest BCUT2D eigenvalue weighted by atomic mass is 35.5. The molecule has 8 heteroatoms. The lowest BCUT2D eigenvalue weighted by molar-refractivity contribution is -0.138. The summed E-state index contributed by atoms with van der Waals surface area (Å²) >= 11 is 0.